The number of fused-ring (bicyclic) bond motifs is 4. The van der Waals surface area contributed by atoms with E-state index in [0.29, 0.717) is 30.2 Å². The zero-order chi connectivity index (χ0) is 24.0. The Morgan fingerprint density at radius 3 is 2.38 bits per heavy atom. The molecule has 1 aromatic heterocycles. The minimum absolute atomic E-state index is 0.00479. The molecule has 5 rings (SSSR count). The van der Waals surface area contributed by atoms with E-state index in [4.69, 9.17) is 14.2 Å². The van der Waals surface area contributed by atoms with Gasteiger partial charge in [0.1, 0.15) is 6.04 Å². The highest BCUT2D eigenvalue weighted by Crippen LogP contribution is 2.46. The Bertz CT molecular complexity index is 1240. The maximum absolute atomic E-state index is 13.5. The molecule has 2 amide bonds. The number of hydrogen-bond donors (Lipinski definition) is 1. The van der Waals surface area contributed by atoms with Gasteiger partial charge in [0.25, 0.3) is 0 Å². The predicted molar refractivity (Wildman–Crippen MR) is 127 cm³/mol. The summed E-state index contributed by atoms with van der Waals surface area (Å²) in [4.78, 5) is 34.0. The third kappa shape index (κ3) is 3.28. The summed E-state index contributed by atoms with van der Waals surface area (Å²) in [5.41, 5.74) is 3.75. The van der Waals surface area contributed by atoms with E-state index in [-0.39, 0.29) is 18.4 Å². The first-order chi connectivity index (χ1) is 16.5. The van der Waals surface area contributed by atoms with E-state index in [1.54, 1.807) is 31.1 Å². The molecular weight excluding hydrogens is 434 g/mol. The van der Waals surface area contributed by atoms with Crippen molar-refractivity contribution in [3.8, 4) is 17.2 Å². The number of rotatable bonds is 6. The second-order valence-electron chi connectivity index (χ2n) is 8.70. The highest BCUT2D eigenvalue weighted by molar-refractivity contribution is 5.97. The number of nitrogens with zero attached hydrogens (tertiary/aromatic N) is 2. The van der Waals surface area contributed by atoms with E-state index in [9.17, 15) is 9.59 Å². The van der Waals surface area contributed by atoms with Crippen molar-refractivity contribution in [3.63, 3.8) is 0 Å². The first-order valence-corrected chi connectivity index (χ1v) is 11.5. The van der Waals surface area contributed by atoms with Crippen molar-refractivity contribution in [1.82, 2.24) is 14.8 Å². The van der Waals surface area contributed by atoms with E-state index in [1.165, 1.54) is 0 Å². The largest absolute Gasteiger partial charge is 0.493 e. The Kier molecular flexibility index (Phi) is 5.59. The molecule has 34 heavy (non-hydrogen) atoms. The van der Waals surface area contributed by atoms with Crippen LogP contribution in [0.25, 0.3) is 10.9 Å². The summed E-state index contributed by atoms with van der Waals surface area (Å²) in [5.74, 6) is 1.41. The Morgan fingerprint density at radius 2 is 1.74 bits per heavy atom. The second kappa shape index (κ2) is 8.59. The highest BCUT2D eigenvalue weighted by atomic mass is 16.5. The highest BCUT2D eigenvalue weighted by Gasteiger charge is 2.48. The summed E-state index contributed by atoms with van der Waals surface area (Å²) in [6.45, 7) is 2.67. The zero-order valence-electron chi connectivity index (χ0n) is 19.9. The van der Waals surface area contributed by atoms with Crippen LogP contribution in [0.1, 0.15) is 36.2 Å². The number of carbonyl (C=O) groups is 2. The van der Waals surface area contributed by atoms with Crippen molar-refractivity contribution >= 4 is 22.7 Å². The number of methoxy groups -OCH3 is 3. The normalized spacial score (nSPS) is 19.8. The average Bonchev–Trinajstić information content (AvgIpc) is 3.23. The van der Waals surface area contributed by atoms with E-state index in [2.05, 4.69) is 11.1 Å². The van der Waals surface area contributed by atoms with Crippen LogP contribution in [0.15, 0.2) is 36.4 Å². The number of H-pyrrole nitrogens is 1. The summed E-state index contributed by atoms with van der Waals surface area (Å²) in [6, 6.07) is 10.7. The number of amides is 2. The van der Waals surface area contributed by atoms with Crippen LogP contribution >= 0.6 is 0 Å². The van der Waals surface area contributed by atoms with Crippen LogP contribution in [0.4, 0.5) is 0 Å². The number of carbonyl (C=O) groups excluding carboxylic acids is 2. The molecule has 2 aliphatic rings. The number of aromatic amines is 1. The molecule has 2 aliphatic heterocycles. The van der Waals surface area contributed by atoms with Gasteiger partial charge in [0.2, 0.25) is 17.6 Å². The maximum Gasteiger partial charge on any atom is 0.246 e. The summed E-state index contributed by atoms with van der Waals surface area (Å²) in [6.07, 6.45) is 1.28. The lowest BCUT2D eigenvalue weighted by molar-refractivity contribution is -0.158. The molecule has 0 spiro atoms. The Balaban J connectivity index is 1.74. The Morgan fingerprint density at radius 1 is 1.03 bits per heavy atom. The lowest BCUT2D eigenvalue weighted by Crippen LogP contribution is -2.63. The van der Waals surface area contributed by atoms with E-state index >= 15 is 0 Å². The van der Waals surface area contributed by atoms with Crippen LogP contribution in [-0.4, -0.2) is 67.1 Å². The van der Waals surface area contributed by atoms with Crippen LogP contribution in [0, 0.1) is 0 Å². The number of aromatic nitrogens is 1. The van der Waals surface area contributed by atoms with Gasteiger partial charge in [-0.05, 0) is 35.7 Å². The van der Waals surface area contributed by atoms with Crippen molar-refractivity contribution in [2.24, 2.45) is 0 Å². The van der Waals surface area contributed by atoms with Gasteiger partial charge in [0.15, 0.2) is 11.5 Å². The molecule has 8 heteroatoms. The fourth-order valence-corrected chi connectivity index (χ4v) is 5.39. The number of hydrogen-bond acceptors (Lipinski definition) is 5. The number of nitrogens with one attached hydrogen (secondary N) is 1. The van der Waals surface area contributed by atoms with Crippen LogP contribution < -0.4 is 14.2 Å². The van der Waals surface area contributed by atoms with Crippen LogP contribution in [0.3, 0.4) is 0 Å². The summed E-state index contributed by atoms with van der Waals surface area (Å²) >= 11 is 0. The van der Waals surface area contributed by atoms with Crippen LogP contribution in [-0.2, 0) is 16.0 Å². The molecule has 8 nitrogen and oxygen atoms in total. The van der Waals surface area contributed by atoms with Crippen LogP contribution in [0.2, 0.25) is 0 Å². The predicted octanol–water partition coefficient (Wildman–Crippen LogP) is 3.29. The molecule has 0 bridgehead atoms. The molecule has 178 valence electrons. The quantitative estimate of drug-likeness (QED) is 0.607. The molecule has 3 aromatic rings. The first-order valence-electron chi connectivity index (χ1n) is 11.5. The fourth-order valence-electron chi connectivity index (χ4n) is 5.39. The molecule has 1 fully saturated rings. The maximum atomic E-state index is 13.5. The lowest BCUT2D eigenvalue weighted by Gasteiger charge is -2.47. The van der Waals surface area contributed by atoms with Gasteiger partial charge in [-0.25, -0.2) is 0 Å². The molecule has 1 N–H and O–H groups in total. The van der Waals surface area contributed by atoms with Gasteiger partial charge in [0.05, 0.1) is 33.9 Å². The lowest BCUT2D eigenvalue weighted by atomic mass is 9.86. The topological polar surface area (TPSA) is 84.1 Å². The zero-order valence-corrected chi connectivity index (χ0v) is 19.9. The third-order valence-corrected chi connectivity index (χ3v) is 6.84. The summed E-state index contributed by atoms with van der Waals surface area (Å²) in [5, 5.41) is 1.07. The van der Waals surface area contributed by atoms with Crippen molar-refractivity contribution in [2.75, 3.05) is 34.4 Å². The number of piperazine rings is 1. The summed E-state index contributed by atoms with van der Waals surface area (Å²) in [7, 11) is 4.69. The second-order valence-corrected chi connectivity index (χ2v) is 8.70. The van der Waals surface area contributed by atoms with Crippen molar-refractivity contribution in [1.29, 1.82) is 0 Å². The fraction of sp³-hybridized carbons (Fsp3) is 0.385. The molecular formula is C26H29N3O5. The first kappa shape index (κ1) is 22.1. The third-order valence-electron chi connectivity index (χ3n) is 6.84. The van der Waals surface area contributed by atoms with Crippen molar-refractivity contribution in [3.05, 3.63) is 53.2 Å². The van der Waals surface area contributed by atoms with Gasteiger partial charge in [-0.3, -0.25) is 9.59 Å². The smallest absolute Gasteiger partial charge is 0.246 e. The van der Waals surface area contributed by atoms with Crippen LogP contribution in [0.5, 0.6) is 17.2 Å². The minimum Gasteiger partial charge on any atom is -0.493 e. The monoisotopic (exact) mass is 463 g/mol. The molecule has 0 unspecified atom stereocenters. The molecule has 0 saturated carbocycles. The van der Waals surface area contributed by atoms with Crippen molar-refractivity contribution < 1.29 is 23.8 Å². The van der Waals surface area contributed by atoms with Gasteiger partial charge in [-0.1, -0.05) is 25.1 Å². The van der Waals surface area contributed by atoms with Gasteiger partial charge >= 0.3 is 0 Å². The summed E-state index contributed by atoms with van der Waals surface area (Å²) < 4.78 is 16.7. The van der Waals surface area contributed by atoms with E-state index in [1.807, 2.05) is 37.3 Å². The molecule has 0 aliphatic carbocycles. The molecule has 2 atom stereocenters. The van der Waals surface area contributed by atoms with Gasteiger partial charge in [-0.15, -0.1) is 0 Å². The molecule has 0 radical (unpaired) electrons. The van der Waals surface area contributed by atoms with E-state index < -0.39 is 12.1 Å². The number of benzene rings is 2. The molecule has 1 saturated heterocycles. The molecule has 2 aromatic carbocycles. The van der Waals surface area contributed by atoms with E-state index in [0.717, 1.165) is 34.1 Å². The minimum atomic E-state index is -0.566. The average molecular weight is 464 g/mol. The van der Waals surface area contributed by atoms with Gasteiger partial charge < -0.3 is 29.0 Å². The Hall–Kier alpha value is -3.68. The van der Waals surface area contributed by atoms with Gasteiger partial charge in [-0.2, -0.15) is 0 Å². The Labute approximate surface area is 198 Å². The van der Waals surface area contributed by atoms with Crippen molar-refractivity contribution in [2.45, 2.75) is 31.8 Å². The number of para-hydroxylation sites is 1. The SMILES string of the molecule is CCCN1CC(=O)N2[C@H](c3cc(OC)c(OC)c(OC)c3)c3[nH]c4ccccc4c3C[C@H]2C1=O. The number of ether oxygens (including phenoxy) is 3. The molecule has 3 heterocycles. The standard InChI is InChI=1S/C26H29N3O5/c1-5-10-28-14-22(30)29-19(26(28)31)13-17-16-8-6-7-9-18(16)27-23(17)24(29)15-11-20(32-2)25(34-4)21(12-15)33-3/h6-9,11-12,19,24,27H,5,10,13-14H2,1-4H3/t19-,24+/m0/s1. The van der Waals surface area contributed by atoms with Gasteiger partial charge in [0, 0.05) is 29.6 Å².